The molecule has 1 saturated carbocycles. The van der Waals surface area contributed by atoms with Gasteiger partial charge in [0.15, 0.2) is 5.96 Å². The highest BCUT2D eigenvalue weighted by Gasteiger charge is 2.21. The predicted octanol–water partition coefficient (Wildman–Crippen LogP) is 2.26. The van der Waals surface area contributed by atoms with Crippen molar-refractivity contribution in [3.8, 4) is 0 Å². The van der Waals surface area contributed by atoms with Crippen LogP contribution in [0.5, 0.6) is 0 Å². The zero-order valence-corrected chi connectivity index (χ0v) is 14.7. The number of pyridine rings is 1. The highest BCUT2D eigenvalue weighted by Crippen LogP contribution is 2.28. The Kier molecular flexibility index (Phi) is 7.33. The van der Waals surface area contributed by atoms with Crippen molar-refractivity contribution in [2.24, 2.45) is 10.9 Å². The van der Waals surface area contributed by atoms with Gasteiger partial charge in [0.2, 0.25) is 0 Å². The number of aliphatic imine (C=N–C) groups is 1. The largest absolute Gasteiger partial charge is 0.379 e. The quantitative estimate of drug-likeness (QED) is 0.431. The van der Waals surface area contributed by atoms with Crippen molar-refractivity contribution in [3.05, 3.63) is 29.6 Å². The summed E-state index contributed by atoms with van der Waals surface area (Å²) in [7, 11) is 2.06. The summed E-state index contributed by atoms with van der Waals surface area (Å²) in [5.74, 6) is 1.77. The van der Waals surface area contributed by atoms with E-state index in [4.69, 9.17) is 9.73 Å². The van der Waals surface area contributed by atoms with Crippen LogP contribution in [0.3, 0.4) is 0 Å². The van der Waals surface area contributed by atoms with Gasteiger partial charge in [0.05, 0.1) is 6.61 Å². The number of likely N-dealkylation sites (N-methyl/N-ethyl adjacent to an activating group) is 1. The molecule has 0 aliphatic heterocycles. The minimum absolute atomic E-state index is 0.763. The van der Waals surface area contributed by atoms with E-state index in [2.05, 4.69) is 35.2 Å². The van der Waals surface area contributed by atoms with Crippen LogP contribution in [0.15, 0.2) is 23.3 Å². The zero-order valence-electron chi connectivity index (χ0n) is 14.7. The molecule has 128 valence electrons. The first kappa shape index (κ1) is 17.7. The second-order valence-corrected chi connectivity index (χ2v) is 6.23. The Hall–Kier alpha value is -1.62. The summed E-state index contributed by atoms with van der Waals surface area (Å²) in [4.78, 5) is 11.2. The van der Waals surface area contributed by atoms with E-state index in [1.807, 2.05) is 19.2 Å². The van der Waals surface area contributed by atoms with Crippen molar-refractivity contribution in [1.82, 2.24) is 15.2 Å². The van der Waals surface area contributed by atoms with Gasteiger partial charge < -0.3 is 15.0 Å². The lowest BCUT2D eigenvalue weighted by atomic mass is 10.2. The molecule has 0 unspecified atom stereocenters. The molecule has 1 aromatic heterocycles. The Balaban J connectivity index is 1.74. The third-order valence-electron chi connectivity index (χ3n) is 3.95. The van der Waals surface area contributed by atoms with Crippen molar-refractivity contribution in [2.45, 2.75) is 33.1 Å². The molecule has 23 heavy (non-hydrogen) atoms. The molecule has 0 saturated heterocycles. The van der Waals surface area contributed by atoms with Gasteiger partial charge in [0, 0.05) is 45.2 Å². The smallest absolute Gasteiger partial charge is 0.193 e. The number of rotatable bonds is 9. The predicted molar refractivity (Wildman–Crippen MR) is 94.8 cm³/mol. The molecule has 0 radical (unpaired) electrons. The summed E-state index contributed by atoms with van der Waals surface area (Å²) in [6.45, 7) is 8.28. The summed E-state index contributed by atoms with van der Waals surface area (Å²) < 4.78 is 5.71. The molecule has 1 N–H and O–H groups in total. The van der Waals surface area contributed by atoms with Crippen LogP contribution in [0.4, 0.5) is 0 Å². The van der Waals surface area contributed by atoms with Crippen LogP contribution in [0, 0.1) is 12.8 Å². The number of nitrogens with one attached hydrogen (secondary N) is 1. The second-order valence-electron chi connectivity index (χ2n) is 6.23. The first-order valence-electron chi connectivity index (χ1n) is 8.67. The molecule has 0 aromatic carbocycles. The van der Waals surface area contributed by atoms with Crippen LogP contribution in [-0.2, 0) is 11.2 Å². The van der Waals surface area contributed by atoms with Crippen LogP contribution in [0.1, 0.15) is 31.0 Å². The number of nitrogens with zero attached hydrogens (tertiary/aromatic N) is 3. The average Bonchev–Trinajstić information content (AvgIpc) is 3.36. The first-order valence-corrected chi connectivity index (χ1v) is 8.67. The van der Waals surface area contributed by atoms with E-state index in [0.29, 0.717) is 0 Å². The van der Waals surface area contributed by atoms with Gasteiger partial charge in [0.25, 0.3) is 0 Å². The average molecular weight is 318 g/mol. The molecule has 1 aromatic rings. The highest BCUT2D eigenvalue weighted by atomic mass is 16.5. The fourth-order valence-corrected chi connectivity index (χ4v) is 2.25. The van der Waals surface area contributed by atoms with Crippen molar-refractivity contribution in [1.29, 1.82) is 0 Å². The maximum atomic E-state index is 5.71. The lowest BCUT2D eigenvalue weighted by Gasteiger charge is -2.22. The van der Waals surface area contributed by atoms with E-state index in [9.17, 15) is 0 Å². The number of aromatic nitrogens is 1. The van der Waals surface area contributed by atoms with E-state index >= 15 is 0 Å². The Morgan fingerprint density at radius 3 is 2.91 bits per heavy atom. The van der Waals surface area contributed by atoms with Gasteiger partial charge in [0.1, 0.15) is 0 Å². The van der Waals surface area contributed by atoms with Crippen molar-refractivity contribution < 1.29 is 4.74 Å². The van der Waals surface area contributed by atoms with Crippen LogP contribution < -0.4 is 5.32 Å². The third kappa shape index (κ3) is 6.99. The molecule has 5 nitrogen and oxygen atoms in total. The second kappa shape index (κ2) is 9.50. The van der Waals surface area contributed by atoms with Crippen LogP contribution in [-0.4, -0.2) is 55.7 Å². The van der Waals surface area contributed by atoms with Gasteiger partial charge in [-0.3, -0.25) is 9.98 Å². The lowest BCUT2D eigenvalue weighted by molar-refractivity contribution is 0.115. The monoisotopic (exact) mass is 318 g/mol. The molecule has 2 rings (SSSR count). The van der Waals surface area contributed by atoms with E-state index in [1.165, 1.54) is 18.4 Å². The van der Waals surface area contributed by atoms with E-state index in [0.717, 1.165) is 56.8 Å². The Bertz CT molecular complexity index is 482. The number of hydrogen-bond acceptors (Lipinski definition) is 3. The minimum Gasteiger partial charge on any atom is -0.379 e. The molecule has 1 aliphatic rings. The normalized spacial score (nSPS) is 14.8. The maximum Gasteiger partial charge on any atom is 0.193 e. The summed E-state index contributed by atoms with van der Waals surface area (Å²) >= 11 is 0. The number of ether oxygens (including phenoxy) is 1. The third-order valence-corrected chi connectivity index (χ3v) is 3.95. The molecule has 1 aliphatic carbocycles. The molecule has 1 heterocycles. The Morgan fingerprint density at radius 2 is 2.26 bits per heavy atom. The maximum absolute atomic E-state index is 5.71. The van der Waals surface area contributed by atoms with Crippen molar-refractivity contribution >= 4 is 5.96 Å². The van der Waals surface area contributed by atoms with Crippen LogP contribution >= 0.6 is 0 Å². The molecule has 0 spiro atoms. The number of hydrogen-bond donors (Lipinski definition) is 1. The Labute approximate surface area is 140 Å². The fourth-order valence-electron chi connectivity index (χ4n) is 2.25. The van der Waals surface area contributed by atoms with Crippen molar-refractivity contribution in [3.63, 3.8) is 0 Å². The summed E-state index contributed by atoms with van der Waals surface area (Å²) in [5, 5.41) is 3.34. The summed E-state index contributed by atoms with van der Waals surface area (Å²) in [6, 6.07) is 4.17. The van der Waals surface area contributed by atoms with Gasteiger partial charge in [-0.1, -0.05) is 6.07 Å². The van der Waals surface area contributed by atoms with Gasteiger partial charge >= 0.3 is 0 Å². The van der Waals surface area contributed by atoms with E-state index in [1.54, 1.807) is 0 Å². The van der Waals surface area contributed by atoms with Gasteiger partial charge in [-0.15, -0.1) is 0 Å². The van der Waals surface area contributed by atoms with Gasteiger partial charge in [-0.25, -0.2) is 0 Å². The number of aryl methyl sites for hydroxylation is 1. The SMILES string of the molecule is CCNC(=NCCc1ccc(C)nc1)N(C)CCOCC1CC1. The van der Waals surface area contributed by atoms with Crippen molar-refractivity contribution in [2.75, 3.05) is 39.9 Å². The van der Waals surface area contributed by atoms with Gasteiger partial charge in [-0.05, 0) is 50.7 Å². The molecule has 1 fully saturated rings. The van der Waals surface area contributed by atoms with E-state index < -0.39 is 0 Å². The summed E-state index contributed by atoms with van der Waals surface area (Å²) in [5.41, 5.74) is 2.28. The lowest BCUT2D eigenvalue weighted by Crippen LogP contribution is -2.40. The topological polar surface area (TPSA) is 49.8 Å². The minimum atomic E-state index is 0.763. The standard InChI is InChI=1S/C18H30N4O/c1-4-19-18(22(3)11-12-23-14-17-7-8-17)20-10-9-16-6-5-15(2)21-13-16/h5-6,13,17H,4,7-12,14H2,1-3H3,(H,19,20). The number of guanidine groups is 1. The summed E-state index contributed by atoms with van der Waals surface area (Å²) in [6.07, 6.45) is 5.53. The van der Waals surface area contributed by atoms with Crippen LogP contribution in [0.2, 0.25) is 0 Å². The molecule has 0 amide bonds. The molecule has 0 atom stereocenters. The molecular formula is C18H30N4O. The van der Waals surface area contributed by atoms with Crippen LogP contribution in [0.25, 0.3) is 0 Å². The first-order chi connectivity index (χ1) is 11.2. The molecule has 0 bridgehead atoms. The molecule has 5 heteroatoms. The Morgan fingerprint density at radius 1 is 1.43 bits per heavy atom. The fraction of sp³-hybridized carbons (Fsp3) is 0.667. The molecular weight excluding hydrogens is 288 g/mol. The van der Waals surface area contributed by atoms with Gasteiger partial charge in [-0.2, -0.15) is 0 Å². The zero-order chi connectivity index (χ0) is 16.5. The highest BCUT2D eigenvalue weighted by molar-refractivity contribution is 5.79. The van der Waals surface area contributed by atoms with E-state index in [-0.39, 0.29) is 0 Å².